The second-order valence-electron chi connectivity index (χ2n) is 6.85. The molecule has 1 fully saturated rings. The summed E-state index contributed by atoms with van der Waals surface area (Å²) in [6.07, 6.45) is 0. The zero-order chi connectivity index (χ0) is 22.0. The fourth-order valence-corrected chi connectivity index (χ4v) is 4.60. The first-order chi connectivity index (χ1) is 14.8. The summed E-state index contributed by atoms with van der Waals surface area (Å²) in [7, 11) is -3.91. The highest BCUT2D eigenvalue weighted by Gasteiger charge is 2.29. The molecule has 2 aromatic carbocycles. The van der Waals surface area contributed by atoms with Crippen molar-refractivity contribution in [2.24, 2.45) is 0 Å². The average molecular weight is 441 g/mol. The number of aryl methyl sites for hydroxylation is 1. The third-order valence-corrected chi connectivity index (χ3v) is 6.52. The van der Waals surface area contributed by atoms with E-state index in [0.29, 0.717) is 23.0 Å². The molecule has 10 nitrogen and oxygen atoms in total. The van der Waals surface area contributed by atoms with Gasteiger partial charge < -0.3 is 15.2 Å². The molecule has 1 aliphatic heterocycles. The first kappa shape index (κ1) is 20.7. The molecule has 1 aromatic heterocycles. The lowest BCUT2D eigenvalue weighted by molar-refractivity contribution is -0.122. The molecular weight excluding hydrogens is 422 g/mol. The van der Waals surface area contributed by atoms with Gasteiger partial charge in [-0.15, -0.1) is 0 Å². The first-order valence-corrected chi connectivity index (χ1v) is 10.9. The lowest BCUT2D eigenvalue weighted by Gasteiger charge is -2.26. The van der Waals surface area contributed by atoms with Gasteiger partial charge in [0.25, 0.3) is 5.91 Å². The van der Waals surface area contributed by atoms with Crippen molar-refractivity contribution in [2.45, 2.75) is 11.8 Å². The molecule has 1 aliphatic rings. The summed E-state index contributed by atoms with van der Waals surface area (Å²) in [6, 6.07) is 12.6. The molecule has 4 rings (SSSR count). The Kier molecular flexibility index (Phi) is 5.53. The van der Waals surface area contributed by atoms with Crippen molar-refractivity contribution in [3.8, 4) is 11.4 Å². The van der Waals surface area contributed by atoms with Crippen molar-refractivity contribution in [3.63, 3.8) is 0 Å². The van der Waals surface area contributed by atoms with E-state index >= 15 is 0 Å². The number of para-hydroxylation sites is 1. The highest BCUT2D eigenvalue weighted by atomic mass is 32.2. The van der Waals surface area contributed by atoms with Gasteiger partial charge in [0, 0.05) is 31.1 Å². The number of anilines is 1. The number of nitrogens with one attached hydrogen (secondary N) is 2. The Bertz CT molecular complexity index is 1250. The van der Waals surface area contributed by atoms with Crippen LogP contribution in [0.5, 0.6) is 0 Å². The van der Waals surface area contributed by atoms with Gasteiger partial charge in [0.2, 0.25) is 27.6 Å². The van der Waals surface area contributed by atoms with Gasteiger partial charge in [0.15, 0.2) is 0 Å². The predicted octanol–water partition coefficient (Wildman–Crippen LogP) is 1.42. The van der Waals surface area contributed by atoms with Crippen molar-refractivity contribution >= 4 is 27.5 Å². The second-order valence-corrected chi connectivity index (χ2v) is 8.79. The van der Waals surface area contributed by atoms with Crippen molar-refractivity contribution in [3.05, 3.63) is 60.0 Å². The van der Waals surface area contributed by atoms with E-state index in [1.54, 1.807) is 31.2 Å². The Morgan fingerprint density at radius 1 is 1.19 bits per heavy atom. The van der Waals surface area contributed by atoms with E-state index in [2.05, 4.69) is 20.8 Å². The van der Waals surface area contributed by atoms with Crippen LogP contribution in [0.25, 0.3) is 11.4 Å². The molecule has 0 radical (unpaired) electrons. The summed E-state index contributed by atoms with van der Waals surface area (Å²) in [5.74, 6) is -0.147. The van der Waals surface area contributed by atoms with Gasteiger partial charge in [-0.1, -0.05) is 23.4 Å². The largest absolute Gasteiger partial charge is 0.354 e. The second kappa shape index (κ2) is 8.28. The van der Waals surface area contributed by atoms with Crippen LogP contribution in [0, 0.1) is 6.92 Å². The van der Waals surface area contributed by atoms with Crippen molar-refractivity contribution in [1.29, 1.82) is 0 Å². The van der Waals surface area contributed by atoms with E-state index in [0.717, 1.165) is 4.31 Å². The summed E-state index contributed by atoms with van der Waals surface area (Å²) in [5, 5.41) is 9.23. The Morgan fingerprint density at radius 2 is 2.00 bits per heavy atom. The number of hydrogen-bond acceptors (Lipinski definition) is 7. The highest BCUT2D eigenvalue weighted by Crippen LogP contribution is 2.26. The number of sulfonamides is 1. The third kappa shape index (κ3) is 4.32. The molecule has 0 atom stereocenters. The quantitative estimate of drug-likeness (QED) is 0.611. The van der Waals surface area contributed by atoms with E-state index in [1.807, 2.05) is 0 Å². The fraction of sp³-hybridized carbons (Fsp3) is 0.200. The maximum Gasteiger partial charge on any atom is 0.255 e. The number of carbonyl (C=O) groups is 2. The standard InChI is InChI=1S/C20H19N5O5S/c1-13-22-19(24-30-13)16-7-2-3-8-17(16)23-20(27)14-5-4-6-15(11-14)31(28,29)25-10-9-21-18(26)12-25/h2-8,11H,9-10,12H2,1H3,(H,21,26)(H,23,27). The maximum absolute atomic E-state index is 12.9. The highest BCUT2D eigenvalue weighted by molar-refractivity contribution is 7.89. The number of nitrogens with zero attached hydrogens (tertiary/aromatic N) is 3. The molecule has 0 saturated carbocycles. The molecule has 2 amide bonds. The smallest absolute Gasteiger partial charge is 0.255 e. The van der Waals surface area contributed by atoms with Crippen LogP contribution < -0.4 is 10.6 Å². The predicted molar refractivity (Wildman–Crippen MR) is 111 cm³/mol. The number of aromatic nitrogens is 2. The number of piperazine rings is 1. The van der Waals surface area contributed by atoms with Crippen LogP contribution in [-0.4, -0.2) is 54.3 Å². The fourth-order valence-electron chi connectivity index (χ4n) is 3.16. The van der Waals surface area contributed by atoms with Crippen LogP contribution in [0.2, 0.25) is 0 Å². The van der Waals surface area contributed by atoms with E-state index in [9.17, 15) is 18.0 Å². The lowest BCUT2D eigenvalue weighted by Crippen LogP contribution is -2.49. The Balaban J connectivity index is 1.59. The minimum atomic E-state index is -3.91. The number of rotatable bonds is 5. The summed E-state index contributed by atoms with van der Waals surface area (Å²) >= 11 is 0. The van der Waals surface area contributed by atoms with Gasteiger partial charge >= 0.3 is 0 Å². The summed E-state index contributed by atoms with van der Waals surface area (Å²) in [5.41, 5.74) is 1.17. The van der Waals surface area contributed by atoms with Crippen LogP contribution in [-0.2, 0) is 14.8 Å². The van der Waals surface area contributed by atoms with Gasteiger partial charge in [-0.3, -0.25) is 9.59 Å². The van der Waals surface area contributed by atoms with E-state index in [4.69, 9.17) is 4.52 Å². The molecule has 2 heterocycles. The molecule has 3 aromatic rings. The monoisotopic (exact) mass is 441 g/mol. The topological polar surface area (TPSA) is 134 Å². The number of benzene rings is 2. The van der Waals surface area contributed by atoms with E-state index < -0.39 is 15.9 Å². The molecular formula is C20H19N5O5S. The number of carbonyl (C=O) groups excluding carboxylic acids is 2. The zero-order valence-electron chi connectivity index (χ0n) is 16.5. The molecule has 1 saturated heterocycles. The van der Waals surface area contributed by atoms with Gasteiger partial charge in [-0.2, -0.15) is 9.29 Å². The van der Waals surface area contributed by atoms with Crippen LogP contribution in [0.1, 0.15) is 16.2 Å². The van der Waals surface area contributed by atoms with E-state index in [1.165, 1.54) is 24.3 Å². The van der Waals surface area contributed by atoms with Crippen LogP contribution >= 0.6 is 0 Å². The van der Waals surface area contributed by atoms with Gasteiger partial charge in [0.1, 0.15) is 0 Å². The normalized spacial score (nSPS) is 14.8. The average Bonchev–Trinajstić information content (AvgIpc) is 3.20. The molecule has 0 spiro atoms. The van der Waals surface area contributed by atoms with Gasteiger partial charge in [-0.05, 0) is 30.3 Å². The van der Waals surface area contributed by atoms with E-state index in [-0.39, 0.29) is 36.0 Å². The molecule has 160 valence electrons. The Hall–Kier alpha value is -3.57. The molecule has 31 heavy (non-hydrogen) atoms. The van der Waals surface area contributed by atoms with Crippen molar-refractivity contribution in [1.82, 2.24) is 19.8 Å². The van der Waals surface area contributed by atoms with Crippen LogP contribution in [0.15, 0.2) is 57.9 Å². The Labute approximate surface area is 178 Å². The van der Waals surface area contributed by atoms with Gasteiger partial charge in [-0.25, -0.2) is 8.42 Å². The maximum atomic E-state index is 12.9. The minimum absolute atomic E-state index is 0.0584. The molecule has 2 N–H and O–H groups in total. The lowest BCUT2D eigenvalue weighted by atomic mass is 10.1. The first-order valence-electron chi connectivity index (χ1n) is 9.42. The molecule has 0 bridgehead atoms. The van der Waals surface area contributed by atoms with Crippen molar-refractivity contribution < 1.29 is 22.5 Å². The van der Waals surface area contributed by atoms with Crippen LogP contribution in [0.4, 0.5) is 5.69 Å². The SMILES string of the molecule is Cc1nc(-c2ccccc2NC(=O)c2cccc(S(=O)(=O)N3CCNC(=O)C3)c2)no1. The number of hydrogen-bond donors (Lipinski definition) is 2. The van der Waals surface area contributed by atoms with Crippen LogP contribution in [0.3, 0.4) is 0 Å². The zero-order valence-corrected chi connectivity index (χ0v) is 17.3. The summed E-state index contributed by atoms with van der Waals surface area (Å²) in [6.45, 7) is 1.82. The van der Waals surface area contributed by atoms with Gasteiger partial charge in [0.05, 0.1) is 17.1 Å². The number of amides is 2. The molecule has 11 heteroatoms. The van der Waals surface area contributed by atoms with Crippen molar-refractivity contribution in [2.75, 3.05) is 25.0 Å². The summed E-state index contributed by atoms with van der Waals surface area (Å²) in [4.78, 5) is 28.6. The summed E-state index contributed by atoms with van der Waals surface area (Å²) < 4.78 is 31.9. The molecule has 0 aliphatic carbocycles. The Morgan fingerprint density at radius 3 is 2.74 bits per heavy atom. The minimum Gasteiger partial charge on any atom is -0.354 e. The third-order valence-electron chi connectivity index (χ3n) is 4.68. The molecule has 0 unspecified atom stereocenters.